The molecule has 0 saturated carbocycles. The Morgan fingerprint density at radius 2 is 1.55 bits per heavy atom. The molecule has 0 saturated heterocycles. The fraction of sp³-hybridized carbons (Fsp3) is 0.867. The van der Waals surface area contributed by atoms with Crippen LogP contribution in [0.1, 0.15) is 47.0 Å². The Morgan fingerprint density at radius 1 is 1.00 bits per heavy atom. The predicted molar refractivity (Wildman–Crippen MR) is 82.7 cm³/mol. The van der Waals surface area contributed by atoms with Crippen LogP contribution >= 0.6 is 0 Å². The second kappa shape index (κ2) is 9.07. The van der Waals surface area contributed by atoms with Crippen LogP contribution in [0.4, 0.5) is 0 Å². The normalized spacial score (nSPS) is 12.4. The van der Waals surface area contributed by atoms with Crippen LogP contribution in [0, 0.1) is 10.8 Å². The first-order chi connectivity index (χ1) is 10.00. The molecule has 2 amide bonds. The molecular weight excluding hydrogens is 288 g/mol. The van der Waals surface area contributed by atoms with Gasteiger partial charge in [-0.25, -0.2) is 0 Å². The van der Waals surface area contributed by atoms with Crippen LogP contribution in [-0.4, -0.2) is 53.1 Å². The Labute approximate surface area is 132 Å². The average Bonchev–Trinajstić information content (AvgIpc) is 2.37. The molecule has 0 aromatic heterocycles. The lowest BCUT2D eigenvalue weighted by molar-refractivity contribution is -0.142. The van der Waals surface area contributed by atoms with Crippen molar-refractivity contribution in [2.24, 2.45) is 10.8 Å². The summed E-state index contributed by atoms with van der Waals surface area (Å²) in [7, 11) is 0. The van der Waals surface area contributed by atoms with Crippen molar-refractivity contribution in [1.82, 2.24) is 10.6 Å². The molecule has 0 aromatic carbocycles. The van der Waals surface area contributed by atoms with E-state index >= 15 is 0 Å². The number of hydrogen-bond donors (Lipinski definition) is 5. The SMILES string of the molecule is CC(C)(CO)CCNC(=O)CCNC(=O)CC(C)(C)C(O)O. The van der Waals surface area contributed by atoms with Gasteiger partial charge in [0.1, 0.15) is 0 Å². The van der Waals surface area contributed by atoms with E-state index in [0.29, 0.717) is 13.0 Å². The van der Waals surface area contributed by atoms with Crippen molar-refractivity contribution in [3.05, 3.63) is 0 Å². The van der Waals surface area contributed by atoms with Crippen molar-refractivity contribution >= 4 is 11.8 Å². The summed E-state index contributed by atoms with van der Waals surface area (Å²) in [5.41, 5.74) is -1.15. The highest BCUT2D eigenvalue weighted by Crippen LogP contribution is 2.23. The van der Waals surface area contributed by atoms with E-state index in [2.05, 4.69) is 10.6 Å². The van der Waals surface area contributed by atoms with Gasteiger partial charge in [0.05, 0.1) is 0 Å². The van der Waals surface area contributed by atoms with Crippen molar-refractivity contribution in [1.29, 1.82) is 0 Å². The maximum absolute atomic E-state index is 11.6. The minimum absolute atomic E-state index is 0.0308. The maximum Gasteiger partial charge on any atom is 0.221 e. The van der Waals surface area contributed by atoms with E-state index in [1.54, 1.807) is 13.8 Å². The van der Waals surface area contributed by atoms with E-state index < -0.39 is 11.7 Å². The summed E-state index contributed by atoms with van der Waals surface area (Å²) in [6.45, 7) is 7.72. The van der Waals surface area contributed by atoms with Crippen molar-refractivity contribution in [2.75, 3.05) is 19.7 Å². The van der Waals surface area contributed by atoms with E-state index in [0.717, 1.165) is 0 Å². The lowest BCUT2D eigenvalue weighted by atomic mass is 9.88. The van der Waals surface area contributed by atoms with Crippen molar-refractivity contribution < 1.29 is 24.9 Å². The van der Waals surface area contributed by atoms with E-state index in [4.69, 9.17) is 15.3 Å². The smallest absolute Gasteiger partial charge is 0.221 e. The van der Waals surface area contributed by atoms with Gasteiger partial charge in [0.2, 0.25) is 11.8 Å². The zero-order valence-corrected chi connectivity index (χ0v) is 14.0. The summed E-state index contributed by atoms with van der Waals surface area (Å²) in [6, 6.07) is 0. The molecule has 22 heavy (non-hydrogen) atoms. The standard InChI is InChI=1S/C15H30N2O5/c1-14(2,10-18)6-8-17-11(19)5-7-16-12(20)9-15(3,4)13(21)22/h13,18,21-22H,5-10H2,1-4H3,(H,16,20)(H,17,19). The molecule has 0 spiro atoms. The number of rotatable bonds is 10. The van der Waals surface area contributed by atoms with Gasteiger partial charge in [-0.05, 0) is 11.8 Å². The summed E-state index contributed by atoms with van der Waals surface area (Å²) >= 11 is 0. The summed E-state index contributed by atoms with van der Waals surface area (Å²) < 4.78 is 0. The quantitative estimate of drug-likeness (QED) is 0.356. The second-order valence-corrected chi connectivity index (χ2v) is 7.06. The molecule has 0 aromatic rings. The largest absolute Gasteiger partial charge is 0.396 e. The highest BCUT2D eigenvalue weighted by Gasteiger charge is 2.28. The number of carbonyl (C=O) groups is 2. The van der Waals surface area contributed by atoms with Crippen LogP contribution in [0.3, 0.4) is 0 Å². The molecule has 0 aliphatic heterocycles. The third-order valence-electron chi connectivity index (χ3n) is 3.54. The van der Waals surface area contributed by atoms with Gasteiger partial charge in [0.25, 0.3) is 0 Å². The highest BCUT2D eigenvalue weighted by molar-refractivity contribution is 5.79. The van der Waals surface area contributed by atoms with Gasteiger partial charge in [-0.15, -0.1) is 0 Å². The Balaban J connectivity index is 3.87. The van der Waals surface area contributed by atoms with Gasteiger partial charge in [-0.1, -0.05) is 27.7 Å². The Kier molecular flexibility index (Phi) is 8.58. The third kappa shape index (κ3) is 8.96. The number of aliphatic hydroxyl groups excluding tert-OH is 2. The molecule has 0 fully saturated rings. The minimum Gasteiger partial charge on any atom is -0.396 e. The van der Waals surface area contributed by atoms with E-state index in [1.807, 2.05) is 13.8 Å². The summed E-state index contributed by atoms with van der Waals surface area (Å²) in [6.07, 6.45) is -0.773. The molecule has 130 valence electrons. The van der Waals surface area contributed by atoms with Crippen LogP contribution in [0.2, 0.25) is 0 Å². The highest BCUT2D eigenvalue weighted by atomic mass is 16.5. The average molecular weight is 318 g/mol. The zero-order chi connectivity index (χ0) is 17.4. The first-order valence-electron chi connectivity index (χ1n) is 7.50. The van der Waals surface area contributed by atoms with Crippen molar-refractivity contribution in [3.8, 4) is 0 Å². The predicted octanol–water partition coefficient (Wildman–Crippen LogP) is -0.255. The Bertz CT molecular complexity index is 367. The molecule has 0 unspecified atom stereocenters. The van der Waals surface area contributed by atoms with Crippen LogP contribution in [-0.2, 0) is 9.59 Å². The minimum atomic E-state index is -1.57. The molecular formula is C15H30N2O5. The van der Waals surface area contributed by atoms with E-state index in [-0.39, 0.29) is 43.2 Å². The van der Waals surface area contributed by atoms with Gasteiger partial charge in [0, 0.05) is 38.0 Å². The van der Waals surface area contributed by atoms with Crippen LogP contribution in [0.15, 0.2) is 0 Å². The van der Waals surface area contributed by atoms with Crippen LogP contribution in [0.5, 0.6) is 0 Å². The van der Waals surface area contributed by atoms with Crippen molar-refractivity contribution in [3.63, 3.8) is 0 Å². The molecule has 5 N–H and O–H groups in total. The van der Waals surface area contributed by atoms with E-state index in [9.17, 15) is 9.59 Å². The second-order valence-electron chi connectivity index (χ2n) is 7.06. The summed E-state index contributed by atoms with van der Waals surface area (Å²) in [5.74, 6) is -0.497. The summed E-state index contributed by atoms with van der Waals surface area (Å²) in [5, 5.41) is 32.6. The van der Waals surface area contributed by atoms with Gasteiger partial charge >= 0.3 is 0 Å². The molecule has 7 heteroatoms. The number of hydrogen-bond acceptors (Lipinski definition) is 5. The fourth-order valence-electron chi connectivity index (χ4n) is 1.59. The van der Waals surface area contributed by atoms with Gasteiger partial charge in [-0.3, -0.25) is 9.59 Å². The lowest BCUT2D eigenvalue weighted by Crippen LogP contribution is -2.37. The molecule has 0 bridgehead atoms. The Hall–Kier alpha value is -1.18. The van der Waals surface area contributed by atoms with Crippen molar-refractivity contribution in [2.45, 2.75) is 53.2 Å². The topological polar surface area (TPSA) is 119 Å². The molecule has 7 nitrogen and oxygen atoms in total. The number of aliphatic hydroxyl groups is 3. The fourth-order valence-corrected chi connectivity index (χ4v) is 1.59. The molecule has 0 rings (SSSR count). The number of nitrogens with one attached hydrogen (secondary N) is 2. The monoisotopic (exact) mass is 318 g/mol. The molecule has 0 aliphatic carbocycles. The molecule has 0 aliphatic rings. The van der Waals surface area contributed by atoms with Crippen LogP contribution in [0.25, 0.3) is 0 Å². The number of amides is 2. The first-order valence-corrected chi connectivity index (χ1v) is 7.50. The van der Waals surface area contributed by atoms with Gasteiger partial charge in [-0.2, -0.15) is 0 Å². The van der Waals surface area contributed by atoms with Gasteiger partial charge < -0.3 is 26.0 Å². The lowest BCUT2D eigenvalue weighted by Gasteiger charge is -2.25. The van der Waals surface area contributed by atoms with Gasteiger partial charge in [0.15, 0.2) is 6.29 Å². The first kappa shape index (κ1) is 20.8. The third-order valence-corrected chi connectivity index (χ3v) is 3.54. The summed E-state index contributed by atoms with van der Waals surface area (Å²) in [4.78, 5) is 23.2. The maximum atomic E-state index is 11.6. The number of carbonyl (C=O) groups excluding carboxylic acids is 2. The molecule has 0 atom stereocenters. The Morgan fingerprint density at radius 3 is 2.05 bits per heavy atom. The van der Waals surface area contributed by atoms with E-state index in [1.165, 1.54) is 0 Å². The molecule has 0 heterocycles. The molecule has 0 radical (unpaired) electrons. The van der Waals surface area contributed by atoms with Crippen LogP contribution < -0.4 is 10.6 Å². The zero-order valence-electron chi connectivity index (χ0n) is 14.0.